The van der Waals surface area contributed by atoms with Crippen molar-refractivity contribution in [3.63, 3.8) is 0 Å². The van der Waals surface area contributed by atoms with E-state index in [0.717, 1.165) is 17.8 Å². The number of benzene rings is 2. The number of hydrogen-bond donors (Lipinski definition) is 2. The number of anilines is 2. The van der Waals surface area contributed by atoms with Gasteiger partial charge >= 0.3 is 6.18 Å². The molecule has 5 nitrogen and oxygen atoms in total. The first-order valence-corrected chi connectivity index (χ1v) is 7.74. The Morgan fingerprint density at radius 1 is 1.00 bits per heavy atom. The van der Waals surface area contributed by atoms with Crippen molar-refractivity contribution in [2.75, 3.05) is 17.2 Å². The Morgan fingerprint density at radius 3 is 2.35 bits per heavy atom. The molecule has 8 heteroatoms. The van der Waals surface area contributed by atoms with Gasteiger partial charge < -0.3 is 10.6 Å². The molecule has 0 fully saturated rings. The third-order valence-corrected chi connectivity index (χ3v) is 3.54. The highest BCUT2D eigenvalue weighted by Gasteiger charge is 2.29. The van der Waals surface area contributed by atoms with Gasteiger partial charge in [-0.3, -0.25) is 4.79 Å². The zero-order valence-corrected chi connectivity index (χ0v) is 13.5. The molecule has 1 heterocycles. The van der Waals surface area contributed by atoms with E-state index >= 15 is 0 Å². The van der Waals surface area contributed by atoms with Crippen molar-refractivity contribution in [2.24, 2.45) is 0 Å². The average Bonchev–Trinajstić information content (AvgIpc) is 3.09. The molecule has 3 aromatic rings. The van der Waals surface area contributed by atoms with Gasteiger partial charge in [-0.05, 0) is 36.4 Å². The van der Waals surface area contributed by atoms with Gasteiger partial charge in [-0.1, -0.05) is 18.2 Å². The van der Waals surface area contributed by atoms with E-state index in [-0.39, 0.29) is 12.5 Å². The highest BCUT2D eigenvalue weighted by Crippen LogP contribution is 2.29. The average molecular weight is 360 g/mol. The van der Waals surface area contributed by atoms with E-state index < -0.39 is 11.7 Å². The van der Waals surface area contributed by atoms with Crippen LogP contribution in [0.25, 0.3) is 5.69 Å². The summed E-state index contributed by atoms with van der Waals surface area (Å²) >= 11 is 0. The van der Waals surface area contributed by atoms with Crippen LogP contribution in [0, 0.1) is 0 Å². The maximum absolute atomic E-state index is 12.5. The number of carbonyl (C=O) groups excluding carboxylic acids is 1. The molecule has 1 amide bonds. The topological polar surface area (TPSA) is 59.0 Å². The van der Waals surface area contributed by atoms with Crippen molar-refractivity contribution in [1.29, 1.82) is 0 Å². The van der Waals surface area contributed by atoms with Crippen LogP contribution in [0.2, 0.25) is 0 Å². The lowest BCUT2D eigenvalue weighted by molar-refractivity contribution is -0.137. The van der Waals surface area contributed by atoms with Crippen LogP contribution in [0.3, 0.4) is 0 Å². The Hall–Kier alpha value is -3.29. The maximum atomic E-state index is 12.5. The van der Waals surface area contributed by atoms with Gasteiger partial charge in [-0.15, -0.1) is 0 Å². The minimum absolute atomic E-state index is 0.0627. The van der Waals surface area contributed by atoms with Gasteiger partial charge in [0.15, 0.2) is 0 Å². The lowest BCUT2D eigenvalue weighted by atomic mass is 10.2. The minimum Gasteiger partial charge on any atom is -0.360 e. The van der Waals surface area contributed by atoms with Crippen molar-refractivity contribution in [2.45, 2.75) is 6.18 Å². The number of aromatic nitrogens is 2. The predicted molar refractivity (Wildman–Crippen MR) is 92.1 cm³/mol. The standard InChI is InChI=1S/C18H15F3N4O/c19-18(20,21)13-6-8-14(9-7-13)23-17(26)12-22-16-10-11-25(24-16)15-4-2-1-3-5-15/h1-11H,12H2,(H,22,24)(H,23,26). The molecule has 2 N–H and O–H groups in total. The lowest BCUT2D eigenvalue weighted by Gasteiger charge is -2.09. The Balaban J connectivity index is 1.54. The van der Waals surface area contributed by atoms with Gasteiger partial charge in [0, 0.05) is 18.0 Å². The summed E-state index contributed by atoms with van der Waals surface area (Å²) in [6, 6.07) is 15.5. The van der Waals surface area contributed by atoms with E-state index in [1.165, 1.54) is 12.1 Å². The van der Waals surface area contributed by atoms with Crippen LogP contribution >= 0.6 is 0 Å². The van der Waals surface area contributed by atoms with Gasteiger partial charge in [-0.2, -0.15) is 18.3 Å². The summed E-state index contributed by atoms with van der Waals surface area (Å²) in [4.78, 5) is 11.9. The molecule has 0 saturated heterocycles. The fourth-order valence-corrected chi connectivity index (χ4v) is 2.26. The van der Waals surface area contributed by atoms with Crippen LogP contribution in [0.4, 0.5) is 24.7 Å². The first-order valence-electron chi connectivity index (χ1n) is 7.74. The monoisotopic (exact) mass is 360 g/mol. The number of amides is 1. The highest BCUT2D eigenvalue weighted by atomic mass is 19.4. The van der Waals surface area contributed by atoms with Crippen LogP contribution in [-0.2, 0) is 11.0 Å². The summed E-state index contributed by atoms with van der Waals surface area (Å²) in [6.45, 7) is -0.0627. The smallest absolute Gasteiger partial charge is 0.360 e. The van der Waals surface area contributed by atoms with E-state index in [1.807, 2.05) is 30.3 Å². The molecule has 134 valence electrons. The number of nitrogens with zero attached hydrogens (tertiary/aromatic N) is 2. The molecule has 0 unspecified atom stereocenters. The quantitative estimate of drug-likeness (QED) is 0.725. The number of carbonyl (C=O) groups is 1. The molecule has 0 aliphatic rings. The van der Waals surface area contributed by atoms with Crippen molar-refractivity contribution in [3.8, 4) is 5.69 Å². The van der Waals surface area contributed by atoms with Crippen molar-refractivity contribution in [3.05, 3.63) is 72.4 Å². The molecule has 26 heavy (non-hydrogen) atoms. The molecule has 0 aliphatic carbocycles. The Labute approximate surface area is 147 Å². The van der Waals surface area contributed by atoms with Crippen molar-refractivity contribution >= 4 is 17.4 Å². The van der Waals surface area contributed by atoms with Crippen molar-refractivity contribution < 1.29 is 18.0 Å². The van der Waals surface area contributed by atoms with E-state index in [2.05, 4.69) is 15.7 Å². The number of para-hydroxylation sites is 1. The predicted octanol–water partition coefficient (Wildman–Crippen LogP) is 3.94. The van der Waals surface area contributed by atoms with E-state index in [0.29, 0.717) is 11.5 Å². The molecule has 0 atom stereocenters. The number of rotatable bonds is 5. The van der Waals surface area contributed by atoms with E-state index in [9.17, 15) is 18.0 Å². The molecule has 2 aromatic carbocycles. The maximum Gasteiger partial charge on any atom is 0.416 e. The van der Waals surface area contributed by atoms with Crippen LogP contribution in [0.15, 0.2) is 66.9 Å². The second-order valence-electron chi connectivity index (χ2n) is 5.46. The summed E-state index contributed by atoms with van der Waals surface area (Å²) in [5.41, 5.74) is 0.412. The Kier molecular flexibility index (Phi) is 4.92. The molecule has 0 saturated carbocycles. The lowest BCUT2D eigenvalue weighted by Crippen LogP contribution is -2.22. The van der Waals surface area contributed by atoms with E-state index in [4.69, 9.17) is 0 Å². The molecule has 0 bridgehead atoms. The summed E-state index contributed by atoms with van der Waals surface area (Å²) in [7, 11) is 0. The molecule has 0 spiro atoms. The summed E-state index contributed by atoms with van der Waals surface area (Å²) in [5.74, 6) is 0.121. The van der Waals surface area contributed by atoms with Crippen molar-refractivity contribution in [1.82, 2.24) is 9.78 Å². The van der Waals surface area contributed by atoms with Gasteiger partial charge in [0.05, 0.1) is 17.8 Å². The molecule has 1 aromatic heterocycles. The van der Waals surface area contributed by atoms with Gasteiger partial charge in [0.1, 0.15) is 5.82 Å². The highest BCUT2D eigenvalue weighted by molar-refractivity contribution is 5.93. The number of hydrogen-bond acceptors (Lipinski definition) is 3. The van der Waals surface area contributed by atoms with Crippen LogP contribution < -0.4 is 10.6 Å². The minimum atomic E-state index is -4.40. The largest absolute Gasteiger partial charge is 0.416 e. The van der Waals surface area contributed by atoms with E-state index in [1.54, 1.807) is 16.9 Å². The first kappa shape index (κ1) is 17.5. The van der Waals surface area contributed by atoms with Crippen LogP contribution in [-0.4, -0.2) is 22.2 Å². The van der Waals surface area contributed by atoms with Crippen LogP contribution in [0.1, 0.15) is 5.56 Å². The number of nitrogens with one attached hydrogen (secondary N) is 2. The normalized spacial score (nSPS) is 11.2. The molecule has 0 radical (unpaired) electrons. The van der Waals surface area contributed by atoms with Gasteiger partial charge in [0.2, 0.25) is 5.91 Å². The fourth-order valence-electron chi connectivity index (χ4n) is 2.26. The molecular formula is C18H15F3N4O. The molecule has 3 rings (SSSR count). The summed E-state index contributed by atoms with van der Waals surface area (Å²) in [5, 5.41) is 9.69. The van der Waals surface area contributed by atoms with Gasteiger partial charge in [0.25, 0.3) is 0 Å². The summed E-state index contributed by atoms with van der Waals surface area (Å²) in [6.07, 6.45) is -2.65. The fraction of sp³-hybridized carbons (Fsp3) is 0.111. The number of halogens is 3. The molecule has 0 aliphatic heterocycles. The third kappa shape index (κ3) is 4.41. The van der Waals surface area contributed by atoms with Gasteiger partial charge in [-0.25, -0.2) is 4.68 Å². The van der Waals surface area contributed by atoms with Crippen LogP contribution in [0.5, 0.6) is 0 Å². The number of alkyl halides is 3. The zero-order valence-electron chi connectivity index (χ0n) is 13.5. The Bertz CT molecular complexity index is 873. The molecular weight excluding hydrogens is 345 g/mol. The second kappa shape index (κ2) is 7.30. The SMILES string of the molecule is O=C(CNc1ccn(-c2ccccc2)n1)Nc1ccc(C(F)(F)F)cc1. The summed E-state index contributed by atoms with van der Waals surface area (Å²) < 4.78 is 39.2. The zero-order chi connectivity index (χ0) is 18.6. The Morgan fingerprint density at radius 2 is 1.69 bits per heavy atom. The third-order valence-electron chi connectivity index (χ3n) is 3.54. The first-order chi connectivity index (χ1) is 12.4. The second-order valence-corrected chi connectivity index (χ2v) is 5.46.